The van der Waals surface area contributed by atoms with Crippen molar-refractivity contribution in [1.82, 2.24) is 10.2 Å². The third-order valence-electron chi connectivity index (χ3n) is 2.91. The van der Waals surface area contributed by atoms with E-state index in [1.54, 1.807) is 12.1 Å². The summed E-state index contributed by atoms with van der Waals surface area (Å²) < 4.78 is 0. The number of hydrogen-bond acceptors (Lipinski definition) is 4. The van der Waals surface area contributed by atoms with Gasteiger partial charge in [-0.1, -0.05) is 6.07 Å². The normalized spacial score (nSPS) is 13.3. The van der Waals surface area contributed by atoms with Gasteiger partial charge in [0.05, 0.1) is 12.5 Å². The predicted octanol–water partition coefficient (Wildman–Crippen LogP) is 0.779. The molecule has 2 atom stereocenters. The molecular formula is C12H17N3O4S. The average Bonchev–Trinajstić information content (AvgIpc) is 2.89. The molecule has 0 aliphatic rings. The number of rotatable bonds is 6. The summed E-state index contributed by atoms with van der Waals surface area (Å²) in [6, 6.07) is 1.36. The molecule has 1 aromatic heterocycles. The van der Waals surface area contributed by atoms with Crippen molar-refractivity contribution in [3.8, 4) is 0 Å². The molecule has 3 amide bonds. The molecule has 1 rings (SSSR count). The second-order valence-corrected chi connectivity index (χ2v) is 5.28. The molecule has 2 unspecified atom stereocenters. The quantitative estimate of drug-likeness (QED) is 0.720. The number of primary amides is 1. The van der Waals surface area contributed by atoms with Gasteiger partial charge in [-0.05, 0) is 18.4 Å². The molecule has 0 fully saturated rings. The van der Waals surface area contributed by atoms with Crippen molar-refractivity contribution in [2.24, 2.45) is 5.73 Å². The number of carboxylic acids is 1. The Balaban J connectivity index is 2.77. The number of carbonyl (C=O) groups excluding carboxylic acids is 2. The first kappa shape index (κ1) is 16.0. The highest BCUT2D eigenvalue weighted by Crippen LogP contribution is 2.22. The first-order valence-electron chi connectivity index (χ1n) is 5.90. The summed E-state index contributed by atoms with van der Waals surface area (Å²) >= 11 is 1.38. The number of nitrogens with zero attached hydrogens (tertiary/aromatic N) is 1. The van der Waals surface area contributed by atoms with Crippen LogP contribution in [0.2, 0.25) is 0 Å². The Morgan fingerprint density at radius 3 is 2.60 bits per heavy atom. The van der Waals surface area contributed by atoms with Gasteiger partial charge in [0.15, 0.2) is 0 Å². The van der Waals surface area contributed by atoms with Crippen molar-refractivity contribution in [3.05, 3.63) is 22.4 Å². The van der Waals surface area contributed by atoms with Gasteiger partial charge in [0.2, 0.25) is 5.91 Å². The van der Waals surface area contributed by atoms with E-state index in [1.165, 1.54) is 25.3 Å². The lowest BCUT2D eigenvalue weighted by Gasteiger charge is -2.24. The molecule has 0 radical (unpaired) electrons. The highest BCUT2D eigenvalue weighted by molar-refractivity contribution is 7.10. The largest absolute Gasteiger partial charge is 0.480 e. The van der Waals surface area contributed by atoms with E-state index in [-0.39, 0.29) is 12.3 Å². The number of aliphatic carboxylic acids is 1. The molecule has 110 valence electrons. The van der Waals surface area contributed by atoms with Gasteiger partial charge in [-0.15, -0.1) is 11.3 Å². The molecule has 0 aliphatic carbocycles. The van der Waals surface area contributed by atoms with Gasteiger partial charge in [-0.2, -0.15) is 0 Å². The molecule has 4 N–H and O–H groups in total. The topological polar surface area (TPSA) is 113 Å². The lowest BCUT2D eigenvalue weighted by molar-refractivity contribution is -0.148. The number of likely N-dealkylation sites (N-methyl/N-ethyl adjacent to an activating group) is 1. The van der Waals surface area contributed by atoms with Crippen LogP contribution < -0.4 is 11.1 Å². The zero-order valence-electron chi connectivity index (χ0n) is 11.2. The van der Waals surface area contributed by atoms with Gasteiger partial charge < -0.3 is 21.1 Å². The lowest BCUT2D eigenvalue weighted by Crippen LogP contribution is -2.42. The van der Waals surface area contributed by atoms with E-state index in [4.69, 9.17) is 10.8 Å². The molecule has 0 spiro atoms. The molecule has 1 heterocycles. The Morgan fingerprint density at radius 1 is 1.50 bits per heavy atom. The van der Waals surface area contributed by atoms with E-state index < -0.39 is 24.1 Å². The second-order valence-electron chi connectivity index (χ2n) is 4.30. The minimum absolute atomic E-state index is 0.0441. The highest BCUT2D eigenvalue weighted by atomic mass is 32.1. The van der Waals surface area contributed by atoms with E-state index in [9.17, 15) is 14.4 Å². The fraction of sp³-hybridized carbons (Fsp3) is 0.417. The number of carboxylic acid groups (broad SMARTS) is 1. The maximum absolute atomic E-state index is 12.1. The van der Waals surface area contributed by atoms with Crippen LogP contribution in [0.25, 0.3) is 0 Å². The Kier molecular flexibility index (Phi) is 5.51. The van der Waals surface area contributed by atoms with Crippen molar-refractivity contribution in [2.45, 2.75) is 25.4 Å². The van der Waals surface area contributed by atoms with E-state index in [0.29, 0.717) is 0 Å². The summed E-state index contributed by atoms with van der Waals surface area (Å²) in [5.74, 6) is -1.47. The molecule has 0 aromatic carbocycles. The molecule has 0 saturated carbocycles. The summed E-state index contributed by atoms with van der Waals surface area (Å²) in [6.07, 6.45) is -0.0441. The lowest BCUT2D eigenvalue weighted by atomic mass is 10.1. The van der Waals surface area contributed by atoms with E-state index in [2.05, 4.69) is 5.32 Å². The van der Waals surface area contributed by atoms with Crippen LogP contribution in [0.3, 0.4) is 0 Å². The molecule has 20 heavy (non-hydrogen) atoms. The number of nitrogens with one attached hydrogen (secondary N) is 1. The third-order valence-corrected chi connectivity index (χ3v) is 3.90. The molecule has 8 heteroatoms. The summed E-state index contributed by atoms with van der Waals surface area (Å²) in [6.45, 7) is 1.42. The fourth-order valence-electron chi connectivity index (χ4n) is 1.58. The number of carbonyl (C=O) groups is 3. The third kappa shape index (κ3) is 4.23. The highest BCUT2D eigenvalue weighted by Gasteiger charge is 2.25. The van der Waals surface area contributed by atoms with E-state index in [1.807, 2.05) is 5.38 Å². The smallest absolute Gasteiger partial charge is 0.326 e. The summed E-state index contributed by atoms with van der Waals surface area (Å²) in [5.41, 5.74) is 5.09. The number of amides is 3. The number of urea groups is 1. The molecule has 0 saturated heterocycles. The first-order chi connectivity index (χ1) is 9.32. The zero-order valence-corrected chi connectivity index (χ0v) is 12.0. The molecule has 7 nitrogen and oxygen atoms in total. The van der Waals surface area contributed by atoms with Crippen molar-refractivity contribution < 1.29 is 19.5 Å². The maximum Gasteiger partial charge on any atom is 0.326 e. The molecule has 0 aliphatic heterocycles. The molecular weight excluding hydrogens is 282 g/mol. The van der Waals surface area contributed by atoms with Gasteiger partial charge in [-0.3, -0.25) is 4.79 Å². The zero-order chi connectivity index (χ0) is 15.3. The average molecular weight is 299 g/mol. The van der Waals surface area contributed by atoms with Crippen LogP contribution in [0.15, 0.2) is 17.5 Å². The fourth-order valence-corrected chi connectivity index (χ4v) is 2.36. The number of hydrogen-bond donors (Lipinski definition) is 3. The minimum Gasteiger partial charge on any atom is -0.480 e. The van der Waals surface area contributed by atoms with E-state index >= 15 is 0 Å². The van der Waals surface area contributed by atoms with Crippen LogP contribution in [0.5, 0.6) is 0 Å². The number of nitrogens with two attached hydrogens (primary N) is 1. The summed E-state index contributed by atoms with van der Waals surface area (Å²) in [4.78, 5) is 35.8. The summed E-state index contributed by atoms with van der Waals surface area (Å²) in [7, 11) is 1.41. The van der Waals surface area contributed by atoms with Gasteiger partial charge in [0.25, 0.3) is 0 Å². The Morgan fingerprint density at radius 2 is 2.15 bits per heavy atom. The minimum atomic E-state index is -1.09. The van der Waals surface area contributed by atoms with Crippen LogP contribution in [0.4, 0.5) is 4.79 Å². The predicted molar refractivity (Wildman–Crippen MR) is 74.3 cm³/mol. The van der Waals surface area contributed by atoms with Crippen molar-refractivity contribution in [3.63, 3.8) is 0 Å². The number of thiophene rings is 1. The van der Waals surface area contributed by atoms with Crippen molar-refractivity contribution in [1.29, 1.82) is 0 Å². The van der Waals surface area contributed by atoms with Crippen LogP contribution in [-0.2, 0) is 9.59 Å². The van der Waals surface area contributed by atoms with Gasteiger partial charge >= 0.3 is 12.0 Å². The van der Waals surface area contributed by atoms with Crippen LogP contribution in [0, 0.1) is 0 Å². The van der Waals surface area contributed by atoms with Crippen molar-refractivity contribution >= 4 is 29.2 Å². The SMILES string of the molecule is CC(C(=O)O)N(C)C(=O)CC(NC(N)=O)c1cccs1. The Labute approximate surface area is 120 Å². The standard InChI is InChI=1S/C12H17N3O4S/c1-7(11(17)18)15(2)10(16)6-8(14-12(13)19)9-4-3-5-20-9/h3-5,7-8H,6H2,1-2H3,(H,17,18)(H3,13,14,19). The van der Waals surface area contributed by atoms with Crippen LogP contribution in [-0.4, -0.2) is 41.0 Å². The van der Waals surface area contributed by atoms with Crippen molar-refractivity contribution in [2.75, 3.05) is 7.05 Å². The van der Waals surface area contributed by atoms with Gasteiger partial charge in [0, 0.05) is 11.9 Å². The Hall–Kier alpha value is -2.09. The second kappa shape index (κ2) is 6.90. The van der Waals surface area contributed by atoms with Gasteiger partial charge in [-0.25, -0.2) is 9.59 Å². The summed E-state index contributed by atoms with van der Waals surface area (Å²) in [5, 5.41) is 13.2. The maximum atomic E-state index is 12.1. The first-order valence-corrected chi connectivity index (χ1v) is 6.78. The van der Waals surface area contributed by atoms with Crippen LogP contribution >= 0.6 is 11.3 Å². The van der Waals surface area contributed by atoms with Gasteiger partial charge in [0.1, 0.15) is 6.04 Å². The van der Waals surface area contributed by atoms with Crippen LogP contribution in [0.1, 0.15) is 24.3 Å². The Bertz CT molecular complexity index is 489. The monoisotopic (exact) mass is 299 g/mol. The molecule has 1 aromatic rings. The van der Waals surface area contributed by atoms with E-state index in [0.717, 1.165) is 9.78 Å². The molecule has 0 bridgehead atoms.